The Labute approximate surface area is 91.5 Å². The van der Waals surface area contributed by atoms with Gasteiger partial charge in [-0.25, -0.2) is 0 Å². The van der Waals surface area contributed by atoms with Gasteiger partial charge in [-0.15, -0.1) is 0 Å². The average Bonchev–Trinajstić information content (AvgIpc) is 1.98. The maximum atomic E-state index is 2.42. The lowest BCUT2D eigenvalue weighted by Gasteiger charge is -2.33. The molecule has 0 aliphatic carbocycles. The normalized spacial score (nSPS) is 19.5. The molecule has 0 aromatic rings. The van der Waals surface area contributed by atoms with Crippen molar-refractivity contribution in [3.8, 4) is 0 Å². The summed E-state index contributed by atoms with van der Waals surface area (Å²) in [4.78, 5) is 0. The number of hydrogen-bond acceptors (Lipinski definition) is 0. The van der Waals surface area contributed by atoms with E-state index in [0.717, 1.165) is 23.7 Å². The first-order chi connectivity index (χ1) is 6.15. The maximum absolute atomic E-state index is 2.42. The van der Waals surface area contributed by atoms with Crippen molar-refractivity contribution in [3.05, 3.63) is 0 Å². The van der Waals surface area contributed by atoms with Crippen molar-refractivity contribution in [3.63, 3.8) is 0 Å². The van der Waals surface area contributed by atoms with Crippen LogP contribution in [0.25, 0.3) is 0 Å². The summed E-state index contributed by atoms with van der Waals surface area (Å²) < 4.78 is 0. The van der Waals surface area contributed by atoms with Crippen LogP contribution in [0.2, 0.25) is 0 Å². The van der Waals surface area contributed by atoms with Crippen molar-refractivity contribution < 1.29 is 0 Å². The van der Waals surface area contributed by atoms with E-state index in [0.29, 0.717) is 5.41 Å². The van der Waals surface area contributed by atoms with Gasteiger partial charge in [-0.3, -0.25) is 0 Å². The fourth-order valence-electron chi connectivity index (χ4n) is 2.28. The zero-order valence-corrected chi connectivity index (χ0v) is 11.5. The highest BCUT2D eigenvalue weighted by atomic mass is 14.3. The molecular weight excluding hydrogens is 168 g/mol. The topological polar surface area (TPSA) is 0 Å². The first kappa shape index (κ1) is 14.0. The van der Waals surface area contributed by atoms with Crippen LogP contribution in [0, 0.1) is 29.1 Å². The average molecular weight is 198 g/mol. The van der Waals surface area contributed by atoms with Crippen LogP contribution < -0.4 is 0 Å². The van der Waals surface area contributed by atoms with Gasteiger partial charge in [-0.1, -0.05) is 55.4 Å². The molecule has 0 heteroatoms. The van der Waals surface area contributed by atoms with E-state index >= 15 is 0 Å². The molecule has 0 nitrogen and oxygen atoms in total. The molecule has 0 aliphatic rings. The largest absolute Gasteiger partial charge is 0.0625 e. The molecule has 0 aromatic heterocycles. The summed E-state index contributed by atoms with van der Waals surface area (Å²) >= 11 is 0. The molecule has 0 radical (unpaired) electrons. The van der Waals surface area contributed by atoms with Crippen molar-refractivity contribution in [2.24, 2.45) is 29.1 Å². The van der Waals surface area contributed by atoms with Crippen LogP contribution in [0.4, 0.5) is 0 Å². The summed E-state index contributed by atoms with van der Waals surface area (Å²) in [6.07, 6.45) is 1.34. The number of hydrogen-bond donors (Lipinski definition) is 0. The van der Waals surface area contributed by atoms with Gasteiger partial charge in [0.2, 0.25) is 0 Å². The SMILES string of the molecule is CC(C)C(C)C(C)C(C)CC(C)(C)C. The predicted molar refractivity (Wildman–Crippen MR) is 66.4 cm³/mol. The van der Waals surface area contributed by atoms with E-state index in [1.807, 2.05) is 0 Å². The van der Waals surface area contributed by atoms with Gasteiger partial charge < -0.3 is 0 Å². The van der Waals surface area contributed by atoms with Crippen molar-refractivity contribution in [1.29, 1.82) is 0 Å². The Hall–Kier alpha value is 0. The summed E-state index contributed by atoms with van der Waals surface area (Å²) in [7, 11) is 0. The second kappa shape index (κ2) is 5.19. The molecule has 0 amide bonds. The van der Waals surface area contributed by atoms with Gasteiger partial charge in [-0.05, 0) is 35.5 Å². The third-order valence-electron chi connectivity index (χ3n) is 3.71. The molecule has 14 heavy (non-hydrogen) atoms. The van der Waals surface area contributed by atoms with Crippen LogP contribution in [0.5, 0.6) is 0 Å². The van der Waals surface area contributed by atoms with E-state index in [-0.39, 0.29) is 0 Å². The van der Waals surface area contributed by atoms with E-state index in [1.54, 1.807) is 0 Å². The summed E-state index contributed by atoms with van der Waals surface area (Å²) in [5.41, 5.74) is 0.477. The lowest BCUT2D eigenvalue weighted by atomic mass is 9.73. The zero-order chi connectivity index (χ0) is 11.5. The molecule has 0 saturated heterocycles. The highest BCUT2D eigenvalue weighted by Gasteiger charge is 2.25. The van der Waals surface area contributed by atoms with Gasteiger partial charge in [-0.2, -0.15) is 0 Å². The fraction of sp³-hybridized carbons (Fsp3) is 1.00. The Morgan fingerprint density at radius 2 is 1.21 bits per heavy atom. The van der Waals surface area contributed by atoms with Crippen molar-refractivity contribution in [2.45, 2.75) is 61.8 Å². The smallest absolute Gasteiger partial charge is 0.0380 e. The van der Waals surface area contributed by atoms with Gasteiger partial charge in [0.15, 0.2) is 0 Å². The Kier molecular flexibility index (Phi) is 5.19. The van der Waals surface area contributed by atoms with Gasteiger partial charge in [0, 0.05) is 0 Å². The minimum Gasteiger partial charge on any atom is -0.0625 e. The van der Waals surface area contributed by atoms with Crippen molar-refractivity contribution in [2.75, 3.05) is 0 Å². The molecule has 0 spiro atoms. The maximum Gasteiger partial charge on any atom is -0.0380 e. The van der Waals surface area contributed by atoms with Crippen LogP contribution in [-0.2, 0) is 0 Å². The monoisotopic (exact) mass is 198 g/mol. The molecule has 3 unspecified atom stereocenters. The standard InChI is InChI=1S/C14H30/c1-10(2)12(4)13(5)11(3)9-14(6,7)8/h10-13H,9H2,1-8H3. The molecule has 3 atom stereocenters. The molecule has 0 saturated carbocycles. The van der Waals surface area contributed by atoms with Crippen LogP contribution in [-0.4, -0.2) is 0 Å². The van der Waals surface area contributed by atoms with Crippen molar-refractivity contribution in [1.82, 2.24) is 0 Å². The molecule has 0 N–H and O–H groups in total. The lowest BCUT2D eigenvalue weighted by Crippen LogP contribution is -2.24. The first-order valence-electron chi connectivity index (χ1n) is 6.15. The van der Waals surface area contributed by atoms with E-state index < -0.39 is 0 Å². The van der Waals surface area contributed by atoms with Crippen molar-refractivity contribution >= 4 is 0 Å². The third kappa shape index (κ3) is 5.02. The van der Waals surface area contributed by atoms with E-state index in [9.17, 15) is 0 Å². The van der Waals surface area contributed by atoms with Crippen LogP contribution in [0.3, 0.4) is 0 Å². The van der Waals surface area contributed by atoms with E-state index in [2.05, 4.69) is 55.4 Å². The molecular formula is C14H30. The highest BCUT2D eigenvalue weighted by Crippen LogP contribution is 2.34. The van der Waals surface area contributed by atoms with Crippen LogP contribution in [0.15, 0.2) is 0 Å². The van der Waals surface area contributed by atoms with Gasteiger partial charge >= 0.3 is 0 Å². The van der Waals surface area contributed by atoms with E-state index in [1.165, 1.54) is 6.42 Å². The minimum atomic E-state index is 0.477. The molecule has 0 aromatic carbocycles. The number of rotatable bonds is 4. The second-order valence-corrected chi connectivity index (χ2v) is 6.70. The quantitative estimate of drug-likeness (QED) is 0.597. The van der Waals surface area contributed by atoms with Crippen LogP contribution >= 0.6 is 0 Å². The van der Waals surface area contributed by atoms with Gasteiger partial charge in [0.1, 0.15) is 0 Å². The summed E-state index contributed by atoms with van der Waals surface area (Å²) in [6.45, 7) is 18.9. The van der Waals surface area contributed by atoms with E-state index in [4.69, 9.17) is 0 Å². The molecule has 0 rings (SSSR count). The Bertz CT molecular complexity index is 150. The Balaban J connectivity index is 4.18. The summed E-state index contributed by atoms with van der Waals surface area (Å²) in [6, 6.07) is 0. The van der Waals surface area contributed by atoms with Crippen LogP contribution in [0.1, 0.15) is 61.8 Å². The minimum absolute atomic E-state index is 0.477. The fourth-order valence-corrected chi connectivity index (χ4v) is 2.28. The summed E-state index contributed by atoms with van der Waals surface area (Å²) in [5.74, 6) is 3.33. The van der Waals surface area contributed by atoms with Gasteiger partial charge in [0.05, 0.1) is 0 Å². The molecule has 86 valence electrons. The highest BCUT2D eigenvalue weighted by molar-refractivity contribution is 4.75. The zero-order valence-electron chi connectivity index (χ0n) is 11.5. The molecule has 0 heterocycles. The Morgan fingerprint density at radius 1 is 0.786 bits per heavy atom. The molecule has 0 aliphatic heterocycles. The summed E-state index contributed by atoms with van der Waals surface area (Å²) in [5, 5.41) is 0. The predicted octanol–water partition coefficient (Wildman–Crippen LogP) is 4.99. The lowest BCUT2D eigenvalue weighted by molar-refractivity contribution is 0.173. The molecule has 0 fully saturated rings. The first-order valence-corrected chi connectivity index (χ1v) is 6.15. The second-order valence-electron chi connectivity index (χ2n) is 6.70. The van der Waals surface area contributed by atoms with Gasteiger partial charge in [0.25, 0.3) is 0 Å². The Morgan fingerprint density at radius 3 is 1.50 bits per heavy atom. The molecule has 0 bridgehead atoms. The third-order valence-corrected chi connectivity index (χ3v) is 3.71.